The number of ketones is 1. The second kappa shape index (κ2) is 8.10. The van der Waals surface area contributed by atoms with Crippen LogP contribution in [0.5, 0.6) is 11.5 Å². The number of fused-ring (bicyclic) bond motifs is 1. The van der Waals surface area contributed by atoms with E-state index in [1.54, 1.807) is 49.6 Å². The van der Waals surface area contributed by atoms with Gasteiger partial charge in [-0.3, -0.25) is 4.79 Å². The van der Waals surface area contributed by atoms with Crippen LogP contribution < -0.4 is 15.1 Å². The predicted molar refractivity (Wildman–Crippen MR) is 105 cm³/mol. The Labute approximate surface area is 160 Å². The minimum Gasteiger partial charge on any atom is -0.493 e. The molecule has 0 saturated carbocycles. The number of benzene rings is 2. The van der Waals surface area contributed by atoms with E-state index in [1.165, 1.54) is 12.1 Å². The molecule has 1 heterocycles. The van der Waals surface area contributed by atoms with Crippen molar-refractivity contribution in [2.24, 2.45) is 0 Å². The topological polar surface area (TPSA) is 65.7 Å². The van der Waals surface area contributed by atoms with Gasteiger partial charge in [-0.2, -0.15) is 0 Å². The first-order chi connectivity index (χ1) is 13.0. The lowest BCUT2D eigenvalue weighted by Gasteiger charge is -2.09. The van der Waals surface area contributed by atoms with Crippen LogP contribution in [0.15, 0.2) is 57.8 Å². The van der Waals surface area contributed by atoms with Crippen molar-refractivity contribution in [2.45, 2.75) is 6.92 Å². The molecule has 3 aromatic rings. The summed E-state index contributed by atoms with van der Waals surface area (Å²) in [5, 5.41) is 1.08. The van der Waals surface area contributed by atoms with Crippen LogP contribution in [0, 0.1) is 0 Å². The molecule has 0 saturated heterocycles. The smallest absolute Gasteiger partial charge is 0.347 e. The summed E-state index contributed by atoms with van der Waals surface area (Å²) in [4.78, 5) is 24.6. The molecule has 0 unspecified atom stereocenters. The van der Waals surface area contributed by atoms with Gasteiger partial charge >= 0.3 is 5.63 Å². The highest BCUT2D eigenvalue weighted by atomic mass is 35.5. The van der Waals surface area contributed by atoms with Crippen molar-refractivity contribution in [3.8, 4) is 11.5 Å². The van der Waals surface area contributed by atoms with Crippen LogP contribution in [0.2, 0.25) is 5.02 Å². The lowest BCUT2D eigenvalue weighted by atomic mass is 10.1. The number of carbonyl (C=O) groups excluding carboxylic acids is 1. The van der Waals surface area contributed by atoms with Gasteiger partial charge in [-0.15, -0.1) is 0 Å². The molecule has 0 N–H and O–H groups in total. The third-order valence-corrected chi connectivity index (χ3v) is 4.11. The SMILES string of the molecule is CCOc1ccc(/C=C/C(=O)c2cc3cc(Cl)ccc3oc2=O)cc1OC. The summed E-state index contributed by atoms with van der Waals surface area (Å²) in [6.07, 6.45) is 2.92. The highest BCUT2D eigenvalue weighted by Gasteiger charge is 2.12. The number of hydrogen-bond acceptors (Lipinski definition) is 5. The van der Waals surface area contributed by atoms with E-state index in [9.17, 15) is 9.59 Å². The molecular formula is C21H17ClO5. The van der Waals surface area contributed by atoms with Gasteiger partial charge in [-0.25, -0.2) is 4.79 Å². The van der Waals surface area contributed by atoms with Crippen molar-refractivity contribution in [3.05, 3.63) is 75.1 Å². The monoisotopic (exact) mass is 384 g/mol. The van der Waals surface area contributed by atoms with Gasteiger partial charge < -0.3 is 13.9 Å². The zero-order chi connectivity index (χ0) is 19.4. The molecule has 0 amide bonds. The Morgan fingerprint density at radius 1 is 1.15 bits per heavy atom. The Hall–Kier alpha value is -3.05. The van der Waals surface area contributed by atoms with E-state index in [-0.39, 0.29) is 5.56 Å². The maximum absolute atomic E-state index is 12.5. The maximum Gasteiger partial charge on any atom is 0.347 e. The molecule has 1 aromatic heterocycles. The number of methoxy groups -OCH3 is 1. The Morgan fingerprint density at radius 2 is 1.96 bits per heavy atom. The van der Waals surface area contributed by atoms with E-state index in [2.05, 4.69) is 0 Å². The molecule has 0 radical (unpaired) electrons. The van der Waals surface area contributed by atoms with Crippen LogP contribution in [-0.4, -0.2) is 19.5 Å². The van der Waals surface area contributed by atoms with Crippen molar-refractivity contribution in [3.63, 3.8) is 0 Å². The predicted octanol–water partition coefficient (Wildman–Crippen LogP) is 4.75. The molecule has 2 aromatic carbocycles. The van der Waals surface area contributed by atoms with Gasteiger partial charge in [0.15, 0.2) is 17.3 Å². The third kappa shape index (κ3) is 4.20. The lowest BCUT2D eigenvalue weighted by Crippen LogP contribution is -2.11. The fraction of sp³-hybridized carbons (Fsp3) is 0.143. The van der Waals surface area contributed by atoms with Crippen LogP contribution >= 0.6 is 11.6 Å². The normalized spacial score (nSPS) is 11.1. The summed E-state index contributed by atoms with van der Waals surface area (Å²) in [5.41, 5.74) is 0.362. The molecule has 0 atom stereocenters. The summed E-state index contributed by atoms with van der Waals surface area (Å²) in [7, 11) is 1.54. The average Bonchev–Trinajstić information content (AvgIpc) is 2.66. The third-order valence-electron chi connectivity index (χ3n) is 3.87. The van der Waals surface area contributed by atoms with Crippen molar-refractivity contribution in [1.29, 1.82) is 0 Å². The van der Waals surface area contributed by atoms with Crippen molar-refractivity contribution in [2.75, 3.05) is 13.7 Å². The van der Waals surface area contributed by atoms with Crippen LogP contribution in [0.25, 0.3) is 17.0 Å². The fourth-order valence-electron chi connectivity index (χ4n) is 2.59. The summed E-state index contributed by atoms with van der Waals surface area (Å²) in [6.45, 7) is 2.40. The second-order valence-corrected chi connectivity index (χ2v) is 6.11. The van der Waals surface area contributed by atoms with Crippen LogP contribution in [0.4, 0.5) is 0 Å². The molecule has 6 heteroatoms. The van der Waals surface area contributed by atoms with E-state index < -0.39 is 11.4 Å². The van der Waals surface area contributed by atoms with Crippen LogP contribution in [0.3, 0.4) is 0 Å². The minimum atomic E-state index is -0.691. The highest BCUT2D eigenvalue weighted by Crippen LogP contribution is 2.28. The lowest BCUT2D eigenvalue weighted by molar-refractivity contribution is 0.104. The summed E-state index contributed by atoms with van der Waals surface area (Å²) >= 11 is 5.95. The molecule has 0 fully saturated rings. The van der Waals surface area contributed by atoms with Gasteiger partial charge in [0.1, 0.15) is 11.1 Å². The quantitative estimate of drug-likeness (QED) is 0.348. The van der Waals surface area contributed by atoms with Gasteiger partial charge in [0.05, 0.1) is 13.7 Å². The fourth-order valence-corrected chi connectivity index (χ4v) is 2.77. The number of halogens is 1. The molecule has 0 aliphatic heterocycles. The number of ether oxygens (including phenoxy) is 2. The second-order valence-electron chi connectivity index (χ2n) is 5.67. The zero-order valence-electron chi connectivity index (χ0n) is 14.8. The summed E-state index contributed by atoms with van der Waals surface area (Å²) in [6, 6.07) is 11.6. The molecule has 138 valence electrons. The molecule has 0 spiro atoms. The molecule has 27 heavy (non-hydrogen) atoms. The molecule has 3 rings (SSSR count). The van der Waals surface area contributed by atoms with E-state index in [4.69, 9.17) is 25.5 Å². The Morgan fingerprint density at radius 3 is 2.70 bits per heavy atom. The largest absolute Gasteiger partial charge is 0.493 e. The van der Waals surface area contributed by atoms with Gasteiger partial charge in [0, 0.05) is 10.4 Å². The number of rotatable bonds is 6. The number of hydrogen-bond donors (Lipinski definition) is 0. The average molecular weight is 385 g/mol. The Balaban J connectivity index is 1.90. The minimum absolute atomic E-state index is 0.0566. The van der Waals surface area contributed by atoms with Gasteiger partial charge in [0.25, 0.3) is 0 Å². The molecule has 0 bridgehead atoms. The summed E-state index contributed by atoms with van der Waals surface area (Å²) < 4.78 is 15.9. The van der Waals surface area contributed by atoms with Crippen molar-refractivity contribution in [1.82, 2.24) is 0 Å². The van der Waals surface area contributed by atoms with Gasteiger partial charge in [-0.05, 0) is 55.0 Å². The highest BCUT2D eigenvalue weighted by molar-refractivity contribution is 6.31. The van der Waals surface area contributed by atoms with Gasteiger partial charge in [0.2, 0.25) is 0 Å². The van der Waals surface area contributed by atoms with Crippen LogP contribution in [0.1, 0.15) is 22.8 Å². The van der Waals surface area contributed by atoms with Crippen molar-refractivity contribution >= 4 is 34.4 Å². The zero-order valence-corrected chi connectivity index (χ0v) is 15.6. The molecule has 0 aliphatic rings. The Bertz CT molecular complexity index is 1080. The van der Waals surface area contributed by atoms with E-state index in [1.807, 2.05) is 6.92 Å². The van der Waals surface area contributed by atoms with Crippen LogP contribution in [-0.2, 0) is 0 Å². The first-order valence-corrected chi connectivity index (χ1v) is 8.66. The molecule has 5 nitrogen and oxygen atoms in total. The van der Waals surface area contributed by atoms with E-state index in [0.717, 1.165) is 5.56 Å². The standard InChI is InChI=1S/C21H17ClO5/c1-3-26-19-8-5-13(10-20(19)25-2)4-7-17(23)16-12-14-11-15(22)6-9-18(14)27-21(16)24/h4-12H,3H2,1-2H3/b7-4+. The van der Waals surface area contributed by atoms with Crippen molar-refractivity contribution < 1.29 is 18.7 Å². The first-order valence-electron chi connectivity index (χ1n) is 8.28. The first kappa shape index (κ1) is 18.7. The molecule has 0 aliphatic carbocycles. The van der Waals surface area contributed by atoms with E-state index >= 15 is 0 Å². The number of carbonyl (C=O) groups is 1. The maximum atomic E-state index is 12.5. The number of allylic oxidation sites excluding steroid dienone is 1. The van der Waals surface area contributed by atoms with Gasteiger partial charge in [-0.1, -0.05) is 23.7 Å². The summed E-state index contributed by atoms with van der Waals surface area (Å²) in [5.74, 6) is 0.723. The Kier molecular flexibility index (Phi) is 5.62. The molecular weight excluding hydrogens is 368 g/mol. The van der Waals surface area contributed by atoms with E-state index in [0.29, 0.717) is 34.1 Å².